The van der Waals surface area contributed by atoms with E-state index in [0.29, 0.717) is 25.6 Å². The predicted octanol–water partition coefficient (Wildman–Crippen LogP) is 4.37. The van der Waals surface area contributed by atoms with Gasteiger partial charge < -0.3 is 15.1 Å². The maximum atomic E-state index is 13.2. The molecule has 2 amide bonds. The van der Waals surface area contributed by atoms with Gasteiger partial charge in [-0.2, -0.15) is 0 Å². The minimum atomic E-state index is -0.0303. The number of carbonyl (C=O) groups excluding carboxylic acids is 2. The van der Waals surface area contributed by atoms with Gasteiger partial charge in [-0.15, -0.1) is 11.3 Å². The van der Waals surface area contributed by atoms with Gasteiger partial charge in [-0.1, -0.05) is 50.6 Å². The van der Waals surface area contributed by atoms with Crippen LogP contribution in [0.5, 0.6) is 0 Å². The molecule has 7 heteroatoms. The van der Waals surface area contributed by atoms with Gasteiger partial charge in [0.1, 0.15) is 9.88 Å². The molecule has 1 atom stereocenters. The van der Waals surface area contributed by atoms with Crippen LogP contribution in [-0.2, 0) is 4.79 Å². The van der Waals surface area contributed by atoms with Gasteiger partial charge in [0.15, 0.2) is 0 Å². The molecule has 1 fully saturated rings. The molecule has 3 rings (SSSR count). The maximum absolute atomic E-state index is 13.2. The first-order chi connectivity index (χ1) is 15.8. The van der Waals surface area contributed by atoms with Crippen LogP contribution in [0.15, 0.2) is 24.3 Å². The molecule has 1 saturated heterocycles. The Morgan fingerprint density at radius 3 is 2.39 bits per heavy atom. The third-order valence-corrected chi connectivity index (χ3v) is 8.05. The van der Waals surface area contributed by atoms with Crippen molar-refractivity contribution in [1.29, 1.82) is 0 Å². The normalized spacial score (nSPS) is 15.6. The van der Waals surface area contributed by atoms with Crippen LogP contribution >= 0.6 is 11.3 Å². The van der Waals surface area contributed by atoms with Crippen LogP contribution in [0.1, 0.15) is 54.5 Å². The van der Waals surface area contributed by atoms with Crippen molar-refractivity contribution in [2.75, 3.05) is 39.3 Å². The first kappa shape index (κ1) is 25.4. The molecular formula is C26H38N4O2S. The number of nitrogens with one attached hydrogen (secondary N) is 1. The van der Waals surface area contributed by atoms with E-state index in [1.54, 1.807) is 0 Å². The minimum Gasteiger partial charge on any atom is -0.355 e. The predicted molar refractivity (Wildman–Crippen MR) is 136 cm³/mol. The average molecular weight is 471 g/mol. The lowest BCUT2D eigenvalue weighted by Gasteiger charge is -2.34. The molecule has 2 aromatic rings. The van der Waals surface area contributed by atoms with E-state index < -0.39 is 0 Å². The zero-order valence-corrected chi connectivity index (χ0v) is 21.5. The van der Waals surface area contributed by atoms with Gasteiger partial charge in [-0.3, -0.25) is 9.59 Å². The molecule has 1 aliphatic rings. The number of hydrogen-bond acceptors (Lipinski definition) is 5. The van der Waals surface area contributed by atoms with Crippen molar-refractivity contribution < 1.29 is 9.59 Å². The summed E-state index contributed by atoms with van der Waals surface area (Å²) in [5, 5.41) is 3.99. The summed E-state index contributed by atoms with van der Waals surface area (Å²) < 4.78 is 0. The standard InChI is InChI=1S/C26H38N4O2S/c1-6-29(7-2)17-14-27-24(31)19(4)21-12-15-30(16-13-21)26(32)23-20(5)28-25(33-23)22-10-8-18(3)9-11-22/h8-11,19,21H,6-7,12-17H2,1-5H3,(H,27,31)/t19-/m1/s1. The summed E-state index contributed by atoms with van der Waals surface area (Å²) in [5.41, 5.74) is 3.05. The van der Waals surface area contributed by atoms with E-state index in [-0.39, 0.29) is 17.7 Å². The molecule has 0 spiro atoms. The Hall–Kier alpha value is -2.25. The molecule has 1 aromatic carbocycles. The molecule has 1 aromatic heterocycles. The van der Waals surface area contributed by atoms with Crippen LogP contribution in [0.2, 0.25) is 0 Å². The van der Waals surface area contributed by atoms with Gasteiger partial charge in [0.05, 0.1) is 5.69 Å². The number of amides is 2. The molecule has 1 aliphatic heterocycles. The van der Waals surface area contributed by atoms with Gasteiger partial charge in [0.2, 0.25) is 5.91 Å². The van der Waals surface area contributed by atoms with Crippen LogP contribution < -0.4 is 5.32 Å². The zero-order chi connectivity index (χ0) is 24.0. The fourth-order valence-electron chi connectivity index (χ4n) is 4.41. The second-order valence-corrected chi connectivity index (χ2v) is 10.0. The highest BCUT2D eigenvalue weighted by Crippen LogP contribution is 2.31. The van der Waals surface area contributed by atoms with E-state index in [1.165, 1.54) is 16.9 Å². The number of thiazole rings is 1. The van der Waals surface area contributed by atoms with E-state index in [4.69, 9.17) is 0 Å². The molecule has 0 unspecified atom stereocenters. The monoisotopic (exact) mass is 470 g/mol. The van der Waals surface area contributed by atoms with Crippen molar-refractivity contribution in [2.24, 2.45) is 11.8 Å². The van der Waals surface area contributed by atoms with Gasteiger partial charge in [0, 0.05) is 37.7 Å². The molecule has 180 valence electrons. The topological polar surface area (TPSA) is 65.5 Å². The fraction of sp³-hybridized carbons (Fsp3) is 0.577. The number of hydrogen-bond donors (Lipinski definition) is 1. The maximum Gasteiger partial charge on any atom is 0.265 e. The van der Waals surface area contributed by atoms with E-state index in [1.807, 2.05) is 18.7 Å². The van der Waals surface area contributed by atoms with E-state index >= 15 is 0 Å². The number of likely N-dealkylation sites (N-methyl/N-ethyl adjacent to an activating group) is 1. The van der Waals surface area contributed by atoms with Crippen molar-refractivity contribution in [1.82, 2.24) is 20.1 Å². The average Bonchev–Trinajstić information content (AvgIpc) is 3.22. The highest BCUT2D eigenvalue weighted by molar-refractivity contribution is 7.17. The summed E-state index contributed by atoms with van der Waals surface area (Å²) in [7, 11) is 0. The van der Waals surface area contributed by atoms with Crippen LogP contribution in [0.25, 0.3) is 10.6 Å². The molecule has 0 saturated carbocycles. The SMILES string of the molecule is CCN(CC)CCNC(=O)[C@H](C)C1CCN(C(=O)c2sc(-c3ccc(C)cc3)nc2C)CC1. The first-order valence-corrected chi connectivity index (χ1v) is 13.0. The summed E-state index contributed by atoms with van der Waals surface area (Å²) in [6, 6.07) is 8.25. The highest BCUT2D eigenvalue weighted by Gasteiger charge is 2.31. The Labute approximate surface area is 202 Å². The number of aromatic nitrogens is 1. The van der Waals surface area contributed by atoms with Crippen LogP contribution in [0, 0.1) is 25.7 Å². The Balaban J connectivity index is 1.52. The number of nitrogens with zero attached hydrogens (tertiary/aromatic N) is 3. The van der Waals surface area contributed by atoms with E-state index in [2.05, 4.69) is 60.2 Å². The summed E-state index contributed by atoms with van der Waals surface area (Å²) in [6.07, 6.45) is 1.72. The zero-order valence-electron chi connectivity index (χ0n) is 20.7. The number of likely N-dealkylation sites (tertiary alicyclic amines) is 1. The largest absolute Gasteiger partial charge is 0.355 e. The number of aryl methyl sites for hydroxylation is 2. The number of benzene rings is 1. The number of piperidine rings is 1. The van der Waals surface area contributed by atoms with Crippen molar-refractivity contribution in [2.45, 2.75) is 47.5 Å². The molecule has 2 heterocycles. The van der Waals surface area contributed by atoms with Crippen molar-refractivity contribution in [3.05, 3.63) is 40.4 Å². The van der Waals surface area contributed by atoms with Gasteiger partial charge in [0.25, 0.3) is 5.91 Å². The Bertz CT molecular complexity index is 928. The molecule has 33 heavy (non-hydrogen) atoms. The minimum absolute atomic E-state index is 0.0303. The Morgan fingerprint density at radius 1 is 1.15 bits per heavy atom. The van der Waals surface area contributed by atoms with Gasteiger partial charge in [-0.25, -0.2) is 4.98 Å². The third-order valence-electron chi connectivity index (χ3n) is 6.86. The van der Waals surface area contributed by atoms with E-state index in [9.17, 15) is 9.59 Å². The van der Waals surface area contributed by atoms with E-state index in [0.717, 1.165) is 53.6 Å². The lowest BCUT2D eigenvalue weighted by atomic mass is 9.85. The van der Waals surface area contributed by atoms with Crippen LogP contribution in [-0.4, -0.2) is 65.9 Å². The number of carbonyl (C=O) groups is 2. The van der Waals surface area contributed by atoms with Gasteiger partial charge in [-0.05, 0) is 45.7 Å². The molecule has 1 N–H and O–H groups in total. The molecule has 0 radical (unpaired) electrons. The summed E-state index contributed by atoms with van der Waals surface area (Å²) in [5.74, 6) is 0.483. The smallest absolute Gasteiger partial charge is 0.265 e. The quantitative estimate of drug-likeness (QED) is 0.591. The molecular weight excluding hydrogens is 432 g/mol. The third kappa shape index (κ3) is 6.42. The first-order valence-electron chi connectivity index (χ1n) is 12.2. The van der Waals surface area contributed by atoms with Crippen molar-refractivity contribution in [3.8, 4) is 10.6 Å². The Morgan fingerprint density at radius 2 is 1.79 bits per heavy atom. The second-order valence-electron chi connectivity index (χ2n) is 9.04. The van der Waals surface area contributed by atoms with Gasteiger partial charge >= 0.3 is 0 Å². The number of rotatable bonds is 9. The summed E-state index contributed by atoms with van der Waals surface area (Å²) in [4.78, 5) is 35.5. The highest BCUT2D eigenvalue weighted by atomic mass is 32.1. The lowest BCUT2D eigenvalue weighted by Crippen LogP contribution is -2.43. The van der Waals surface area contributed by atoms with Crippen molar-refractivity contribution >= 4 is 23.2 Å². The summed E-state index contributed by atoms with van der Waals surface area (Å²) >= 11 is 1.48. The Kier molecular flexibility index (Phi) is 9.03. The second kappa shape index (κ2) is 11.7. The molecule has 0 aliphatic carbocycles. The molecule has 0 bridgehead atoms. The molecule has 6 nitrogen and oxygen atoms in total. The fourth-order valence-corrected chi connectivity index (χ4v) is 5.45. The van der Waals surface area contributed by atoms with Crippen LogP contribution in [0.3, 0.4) is 0 Å². The summed E-state index contributed by atoms with van der Waals surface area (Å²) in [6.45, 7) is 15.2. The lowest BCUT2D eigenvalue weighted by molar-refractivity contribution is -0.126. The van der Waals surface area contributed by atoms with Crippen LogP contribution in [0.4, 0.5) is 0 Å². The van der Waals surface area contributed by atoms with Crippen molar-refractivity contribution in [3.63, 3.8) is 0 Å².